The molecule has 3 nitrogen and oxygen atoms in total. The molecular weight excluding hydrogens is 386 g/mol. The van der Waals surface area contributed by atoms with E-state index >= 15 is 0 Å². The van der Waals surface area contributed by atoms with Gasteiger partial charge < -0.3 is 4.74 Å². The molecule has 0 aromatic heterocycles. The van der Waals surface area contributed by atoms with E-state index in [1.165, 1.54) is 12.8 Å². The van der Waals surface area contributed by atoms with E-state index in [2.05, 4.69) is 44.9 Å². The maximum atomic E-state index is 11.7. The molecule has 0 amide bonds. The zero-order valence-electron chi connectivity index (χ0n) is 11.4. The Balaban J connectivity index is 2.50. The molecule has 0 bridgehead atoms. The molecule has 0 aliphatic rings. The monoisotopic (exact) mass is 401 g/mol. The molecule has 0 fully saturated rings. The van der Waals surface area contributed by atoms with Gasteiger partial charge >= 0.3 is 5.97 Å². The Hall–Kier alpha value is -0.860. The van der Waals surface area contributed by atoms with Crippen LogP contribution in [0.4, 0.5) is 0 Å². The van der Waals surface area contributed by atoms with Crippen LogP contribution in [-0.4, -0.2) is 5.97 Å². The number of unbranched alkanes of at least 4 members (excludes halogenated alkanes) is 4. The van der Waals surface area contributed by atoms with E-state index < -0.39 is 0 Å². The fourth-order valence-corrected chi connectivity index (χ4v) is 2.57. The summed E-state index contributed by atoms with van der Waals surface area (Å²) in [5.41, 5.74) is 0.497. The highest BCUT2D eigenvalue weighted by atomic mass is 79.9. The Morgan fingerprint density at radius 2 is 1.90 bits per heavy atom. The van der Waals surface area contributed by atoms with E-state index in [1.54, 1.807) is 12.1 Å². The summed E-state index contributed by atoms with van der Waals surface area (Å²) >= 11 is 6.58. The summed E-state index contributed by atoms with van der Waals surface area (Å²) in [4.78, 5) is 11.7. The topological polar surface area (TPSA) is 50.1 Å². The van der Waals surface area contributed by atoms with Crippen LogP contribution in [0, 0.1) is 11.3 Å². The molecule has 0 unspecified atom stereocenters. The highest BCUT2D eigenvalue weighted by Gasteiger charge is 2.11. The average molecular weight is 403 g/mol. The number of nitriles is 1. The third kappa shape index (κ3) is 5.64. The van der Waals surface area contributed by atoms with Crippen LogP contribution in [-0.2, 0) is 4.79 Å². The number of hydrogen-bond acceptors (Lipinski definition) is 3. The molecule has 0 saturated heterocycles. The van der Waals surface area contributed by atoms with Gasteiger partial charge in [0.2, 0.25) is 0 Å². The first-order valence-corrected chi connectivity index (χ1v) is 8.27. The number of esters is 1. The minimum Gasteiger partial charge on any atom is -0.425 e. The molecule has 1 aromatic rings. The van der Waals surface area contributed by atoms with E-state index in [9.17, 15) is 4.79 Å². The molecule has 0 spiro atoms. The third-order valence-electron chi connectivity index (χ3n) is 2.85. The van der Waals surface area contributed by atoms with Gasteiger partial charge in [0, 0.05) is 10.9 Å². The summed E-state index contributed by atoms with van der Waals surface area (Å²) in [6.07, 6.45) is 5.90. The SMILES string of the molecule is CCCCCCCC(=O)Oc1cc(Br)c(C#N)cc1Br. The van der Waals surface area contributed by atoms with Gasteiger partial charge in [-0.05, 0) is 50.4 Å². The standard InChI is InChI=1S/C15H17Br2NO2/c1-2-3-4-5-6-7-15(19)20-14-9-12(16)11(10-18)8-13(14)17/h8-9H,2-7H2,1H3. The lowest BCUT2D eigenvalue weighted by molar-refractivity contribution is -0.134. The van der Waals surface area contributed by atoms with Crippen LogP contribution >= 0.6 is 31.9 Å². The Morgan fingerprint density at radius 1 is 1.20 bits per heavy atom. The van der Waals surface area contributed by atoms with E-state index in [4.69, 9.17) is 10.00 Å². The number of benzene rings is 1. The molecule has 0 N–H and O–H groups in total. The first kappa shape index (κ1) is 17.2. The summed E-state index contributed by atoms with van der Waals surface area (Å²) in [7, 11) is 0. The number of hydrogen-bond donors (Lipinski definition) is 0. The largest absolute Gasteiger partial charge is 0.425 e. The van der Waals surface area contributed by atoms with Gasteiger partial charge in [-0.2, -0.15) is 5.26 Å². The normalized spacial score (nSPS) is 10.1. The molecule has 0 radical (unpaired) electrons. The van der Waals surface area contributed by atoms with Crippen molar-refractivity contribution in [1.29, 1.82) is 5.26 Å². The minimum atomic E-state index is -0.237. The van der Waals surface area contributed by atoms with Crippen molar-refractivity contribution in [3.05, 3.63) is 26.6 Å². The first-order chi connectivity index (χ1) is 9.58. The van der Waals surface area contributed by atoms with Crippen LogP contribution in [0.5, 0.6) is 5.75 Å². The second-order valence-corrected chi connectivity index (χ2v) is 6.22. The lowest BCUT2D eigenvalue weighted by atomic mass is 10.1. The fourth-order valence-electron chi connectivity index (χ4n) is 1.74. The molecule has 1 rings (SSSR count). The third-order valence-corrected chi connectivity index (χ3v) is 4.13. The molecule has 0 saturated carbocycles. The van der Waals surface area contributed by atoms with Gasteiger partial charge in [-0.3, -0.25) is 4.79 Å². The van der Waals surface area contributed by atoms with Crippen LogP contribution < -0.4 is 4.74 Å². The predicted molar refractivity (Wildman–Crippen MR) is 85.6 cm³/mol. The number of rotatable bonds is 7. The van der Waals surface area contributed by atoms with Crippen molar-refractivity contribution in [2.24, 2.45) is 0 Å². The van der Waals surface area contributed by atoms with Crippen molar-refractivity contribution in [1.82, 2.24) is 0 Å². The van der Waals surface area contributed by atoms with Crippen LogP contribution in [0.2, 0.25) is 0 Å². The van der Waals surface area contributed by atoms with Crippen LogP contribution in [0.3, 0.4) is 0 Å². The van der Waals surface area contributed by atoms with E-state index in [0.717, 1.165) is 19.3 Å². The number of ether oxygens (including phenoxy) is 1. The Kier molecular flexibility index (Phi) is 7.86. The van der Waals surface area contributed by atoms with Crippen LogP contribution in [0.15, 0.2) is 21.1 Å². The molecule has 20 heavy (non-hydrogen) atoms. The molecule has 0 aliphatic heterocycles. The van der Waals surface area contributed by atoms with Crippen LogP contribution in [0.1, 0.15) is 51.0 Å². The Morgan fingerprint density at radius 3 is 2.55 bits per heavy atom. The van der Waals surface area contributed by atoms with Crippen molar-refractivity contribution in [2.75, 3.05) is 0 Å². The van der Waals surface area contributed by atoms with Crippen molar-refractivity contribution < 1.29 is 9.53 Å². The summed E-state index contributed by atoms with van der Waals surface area (Å²) in [6, 6.07) is 5.32. The Bertz CT molecular complexity index is 509. The molecule has 0 aliphatic carbocycles. The van der Waals surface area contributed by atoms with Crippen LogP contribution in [0.25, 0.3) is 0 Å². The zero-order valence-corrected chi connectivity index (χ0v) is 14.6. The molecule has 1 aromatic carbocycles. The molecule has 0 heterocycles. The summed E-state index contributed by atoms with van der Waals surface area (Å²) < 4.78 is 6.53. The maximum absolute atomic E-state index is 11.7. The zero-order chi connectivity index (χ0) is 15.0. The van der Waals surface area contributed by atoms with E-state index in [0.29, 0.717) is 26.7 Å². The second-order valence-electron chi connectivity index (χ2n) is 4.51. The van der Waals surface area contributed by atoms with E-state index in [-0.39, 0.29) is 5.97 Å². The Labute approximate surface area is 136 Å². The molecule has 108 valence electrons. The number of carbonyl (C=O) groups is 1. The molecule has 0 atom stereocenters. The van der Waals surface area contributed by atoms with Crippen molar-refractivity contribution >= 4 is 37.8 Å². The number of halogens is 2. The van der Waals surface area contributed by atoms with Crippen molar-refractivity contribution in [3.63, 3.8) is 0 Å². The number of nitrogens with zero attached hydrogens (tertiary/aromatic N) is 1. The highest BCUT2D eigenvalue weighted by Crippen LogP contribution is 2.31. The maximum Gasteiger partial charge on any atom is 0.311 e. The van der Waals surface area contributed by atoms with Gasteiger partial charge in [0.05, 0.1) is 10.0 Å². The first-order valence-electron chi connectivity index (χ1n) is 6.68. The summed E-state index contributed by atoms with van der Waals surface area (Å²) in [5, 5.41) is 8.89. The van der Waals surface area contributed by atoms with Gasteiger partial charge in [0.15, 0.2) is 0 Å². The second kappa shape index (κ2) is 9.15. The van der Waals surface area contributed by atoms with E-state index in [1.807, 2.05) is 0 Å². The lowest BCUT2D eigenvalue weighted by Crippen LogP contribution is -2.08. The summed E-state index contributed by atoms with van der Waals surface area (Å²) in [6.45, 7) is 2.16. The highest BCUT2D eigenvalue weighted by molar-refractivity contribution is 9.11. The molecule has 5 heteroatoms. The summed E-state index contributed by atoms with van der Waals surface area (Å²) in [5.74, 6) is 0.202. The molecular formula is C15H17Br2NO2. The number of carbonyl (C=O) groups excluding carboxylic acids is 1. The van der Waals surface area contributed by atoms with Gasteiger partial charge in [-0.1, -0.05) is 32.6 Å². The van der Waals surface area contributed by atoms with Gasteiger partial charge in [-0.15, -0.1) is 0 Å². The lowest BCUT2D eigenvalue weighted by Gasteiger charge is -2.08. The fraction of sp³-hybridized carbons (Fsp3) is 0.467. The van der Waals surface area contributed by atoms with Crippen molar-refractivity contribution in [3.8, 4) is 11.8 Å². The van der Waals surface area contributed by atoms with Gasteiger partial charge in [0.25, 0.3) is 0 Å². The smallest absolute Gasteiger partial charge is 0.311 e. The average Bonchev–Trinajstić information content (AvgIpc) is 2.42. The van der Waals surface area contributed by atoms with Gasteiger partial charge in [0.1, 0.15) is 11.8 Å². The predicted octanol–water partition coefficient (Wildman–Crippen LogP) is 5.35. The quantitative estimate of drug-likeness (QED) is 0.351. The van der Waals surface area contributed by atoms with Gasteiger partial charge in [-0.25, -0.2) is 0 Å². The van der Waals surface area contributed by atoms with Crippen molar-refractivity contribution in [2.45, 2.75) is 45.4 Å². The minimum absolute atomic E-state index is 0.237.